The average molecular weight is 472 g/mol. The largest absolute Gasteiger partial charge is 2.00 e. The van der Waals surface area contributed by atoms with Gasteiger partial charge in [0.1, 0.15) is 0 Å². The van der Waals surface area contributed by atoms with Crippen molar-refractivity contribution in [3.05, 3.63) is 0 Å². The summed E-state index contributed by atoms with van der Waals surface area (Å²) in [5.41, 5.74) is 0. The molecule has 17 heteroatoms. The monoisotopic (exact) mass is 470 g/mol. The molecule has 8 N–H and O–H groups in total. The van der Waals surface area contributed by atoms with Crippen molar-refractivity contribution in [1.29, 1.82) is 0 Å². The molecule has 0 atom stereocenters. The van der Waals surface area contributed by atoms with Crippen LogP contribution >= 0.6 is 0 Å². The predicted molar refractivity (Wildman–Crippen MR) is 67.4 cm³/mol. The molecule has 14 nitrogen and oxygen atoms in total. The molecule has 0 aliphatic carbocycles. The molecule has 0 rings (SSSR count). The maximum atomic E-state index is 10.4. The van der Waals surface area contributed by atoms with E-state index in [9.17, 15) is 39.6 Å². The number of aliphatic carboxylic acids is 4. The van der Waals surface area contributed by atoms with Gasteiger partial charge in [0.05, 0.1) is 23.9 Å². The van der Waals surface area contributed by atoms with E-state index >= 15 is 0 Å². The van der Waals surface area contributed by atoms with Crippen LogP contribution in [0.2, 0.25) is 0 Å². The Morgan fingerprint density at radius 3 is 0.778 bits per heavy atom. The summed E-state index contributed by atoms with van der Waals surface area (Å²) in [6.07, 6.45) is 0. The van der Waals surface area contributed by atoms with Crippen LogP contribution in [0.25, 0.3) is 0 Å². The number of hydrogen-bond acceptors (Lipinski definition) is 10. The van der Waals surface area contributed by atoms with Crippen molar-refractivity contribution in [3.8, 4) is 0 Å². The second-order valence-corrected chi connectivity index (χ2v) is 3.91. The van der Waals surface area contributed by atoms with Crippen LogP contribution in [0.4, 0.5) is 0 Å². The number of carboxylic acids is 4. The van der Waals surface area contributed by atoms with E-state index < -0.39 is 50.1 Å². The van der Waals surface area contributed by atoms with Gasteiger partial charge in [0, 0.05) is 39.3 Å². The number of carbonyl (C=O) groups is 4. The summed E-state index contributed by atoms with van der Waals surface area (Å²) in [4.78, 5) is 43.4. The number of hydrogen-bond donors (Lipinski definition) is 0. The van der Waals surface area contributed by atoms with E-state index in [-0.39, 0.29) is 114 Å². The van der Waals surface area contributed by atoms with Crippen LogP contribution in [0, 0.1) is 0 Å². The van der Waals surface area contributed by atoms with Gasteiger partial charge in [-0.1, -0.05) is 0 Å². The van der Waals surface area contributed by atoms with Crippen LogP contribution in [0.5, 0.6) is 0 Å². The van der Waals surface area contributed by atoms with Crippen LogP contribution in [-0.2, 0) is 38.7 Å². The van der Waals surface area contributed by atoms with Gasteiger partial charge in [0.25, 0.3) is 0 Å². The van der Waals surface area contributed by atoms with Crippen LogP contribution in [0.3, 0.4) is 0 Å². The molecule has 0 fully saturated rings. The van der Waals surface area contributed by atoms with Gasteiger partial charge in [-0.05, 0) is 0 Å². The molecule has 0 bridgehead atoms. The first-order valence-electron chi connectivity index (χ1n) is 5.44. The van der Waals surface area contributed by atoms with Gasteiger partial charge in [-0.15, -0.1) is 0 Å². The van der Waals surface area contributed by atoms with E-state index in [0.717, 1.165) is 9.80 Å². The summed E-state index contributed by atoms with van der Waals surface area (Å²) in [6.45, 7) is -3.25. The van der Waals surface area contributed by atoms with E-state index in [2.05, 4.69) is 0 Å². The third kappa shape index (κ3) is 34.2. The zero-order valence-corrected chi connectivity index (χ0v) is 22.1. The molecule has 0 saturated heterocycles. The molecule has 0 amide bonds. The van der Waals surface area contributed by atoms with Crippen molar-refractivity contribution >= 4 is 23.9 Å². The maximum absolute atomic E-state index is 10.4. The molecule has 0 heterocycles. The SMILES string of the molecule is O.O.O.O.O=C([O-])CN(CCN(CC(=O)[O-])CC(=O)[O-])CC(=O)[O-].[Na+].[Na+].[Zn+2]. The third-order valence-corrected chi connectivity index (χ3v) is 2.14. The molecule has 0 spiro atoms. The normalized spacial score (nSPS) is 7.93. The smallest absolute Gasteiger partial charge is 0.549 e. The number of carbonyl (C=O) groups excluding carboxylic acids is 4. The number of rotatable bonds is 11. The van der Waals surface area contributed by atoms with E-state index in [1.54, 1.807) is 0 Å². The van der Waals surface area contributed by atoms with Crippen molar-refractivity contribution in [2.24, 2.45) is 0 Å². The van der Waals surface area contributed by atoms with E-state index in [1.165, 1.54) is 0 Å². The maximum Gasteiger partial charge on any atom is 2.00 e. The summed E-state index contributed by atoms with van der Waals surface area (Å²) in [6, 6.07) is 0. The van der Waals surface area contributed by atoms with Crippen LogP contribution < -0.4 is 79.5 Å². The van der Waals surface area contributed by atoms with Gasteiger partial charge < -0.3 is 61.5 Å². The van der Waals surface area contributed by atoms with E-state index in [0.29, 0.717) is 0 Å². The Bertz CT molecular complexity index is 336. The summed E-state index contributed by atoms with van der Waals surface area (Å²) in [5, 5.41) is 41.6. The molecular weight excluding hydrogens is 451 g/mol. The Labute approximate surface area is 211 Å². The third-order valence-electron chi connectivity index (χ3n) is 2.14. The van der Waals surface area contributed by atoms with Crippen LogP contribution in [0.1, 0.15) is 0 Å². The van der Waals surface area contributed by atoms with Crippen molar-refractivity contribution < 1.29 is 140 Å². The van der Waals surface area contributed by atoms with Crippen molar-refractivity contribution in [1.82, 2.24) is 9.80 Å². The average Bonchev–Trinajstić information content (AvgIpc) is 2.22. The first kappa shape index (κ1) is 50.7. The van der Waals surface area contributed by atoms with Gasteiger partial charge in [0.2, 0.25) is 0 Å². The van der Waals surface area contributed by atoms with E-state index in [4.69, 9.17) is 0 Å². The molecule has 27 heavy (non-hydrogen) atoms. The molecule has 0 aliphatic rings. The molecule has 0 aromatic rings. The zero-order chi connectivity index (χ0) is 15.7. The first-order valence-corrected chi connectivity index (χ1v) is 5.44. The minimum absolute atomic E-state index is 0. The Kier molecular flexibility index (Phi) is 53.4. The van der Waals surface area contributed by atoms with Crippen molar-refractivity contribution in [3.63, 3.8) is 0 Å². The predicted octanol–water partition coefficient (Wildman–Crippen LogP) is -16.7. The molecular formula is C10H20N2Na2O12Zn. The molecule has 0 radical (unpaired) electrons. The molecule has 0 aromatic carbocycles. The molecule has 0 unspecified atom stereocenters. The molecule has 0 aliphatic heterocycles. The minimum Gasteiger partial charge on any atom is -0.549 e. The van der Waals surface area contributed by atoms with Gasteiger partial charge >= 0.3 is 78.6 Å². The van der Waals surface area contributed by atoms with Gasteiger partial charge in [-0.2, -0.15) is 0 Å². The quantitative estimate of drug-likeness (QED) is 0.256. The fraction of sp³-hybridized carbons (Fsp3) is 0.600. The second kappa shape index (κ2) is 28.5. The molecule has 146 valence electrons. The Morgan fingerprint density at radius 1 is 0.519 bits per heavy atom. The topological polar surface area (TPSA) is 293 Å². The summed E-state index contributed by atoms with van der Waals surface area (Å²) in [5.74, 6) is -6.12. The Morgan fingerprint density at radius 2 is 0.667 bits per heavy atom. The van der Waals surface area contributed by atoms with Gasteiger partial charge in [-0.3, -0.25) is 9.80 Å². The van der Waals surface area contributed by atoms with Gasteiger partial charge in [-0.25, -0.2) is 0 Å². The fourth-order valence-electron chi connectivity index (χ4n) is 1.44. The number of carboxylic acid groups (broad SMARTS) is 4. The van der Waals surface area contributed by atoms with E-state index in [1.807, 2.05) is 0 Å². The summed E-state index contributed by atoms with van der Waals surface area (Å²) < 4.78 is 0. The second-order valence-electron chi connectivity index (χ2n) is 3.91. The Balaban J connectivity index is -0.0000000860. The molecule has 0 aromatic heterocycles. The van der Waals surface area contributed by atoms with Crippen molar-refractivity contribution in [2.75, 3.05) is 39.3 Å². The standard InChI is InChI=1S/C10H16N2O8.2Na.4H2O.Zn/c13-7(14)3-11(4-8(15)16)1-2-12(5-9(17)18)6-10(19)20;;;;;;;/h1-6H2,(H,13,14)(H,15,16)(H,17,18)(H,19,20);;;4*1H2;/q;2*+1;;;;;+2/p-4. The summed E-state index contributed by atoms with van der Waals surface area (Å²) in [7, 11) is 0. The first-order chi connectivity index (χ1) is 9.20. The fourth-order valence-corrected chi connectivity index (χ4v) is 1.44. The van der Waals surface area contributed by atoms with Crippen molar-refractivity contribution in [2.45, 2.75) is 0 Å². The molecule has 0 saturated carbocycles. The number of nitrogens with zero attached hydrogens (tertiary/aromatic N) is 2. The zero-order valence-electron chi connectivity index (χ0n) is 15.1. The minimum atomic E-state index is -1.53. The van der Waals surface area contributed by atoms with Crippen LogP contribution in [-0.4, -0.2) is 94.9 Å². The Hall–Kier alpha value is 0.263. The van der Waals surface area contributed by atoms with Gasteiger partial charge in [0.15, 0.2) is 0 Å². The van der Waals surface area contributed by atoms with Crippen LogP contribution in [0.15, 0.2) is 0 Å². The summed E-state index contributed by atoms with van der Waals surface area (Å²) >= 11 is 0.